The summed E-state index contributed by atoms with van der Waals surface area (Å²) in [5.74, 6) is 1.59. The molecule has 5 rings (SSSR count). The number of piperidine rings is 1. The maximum absolute atomic E-state index is 13.1. The first-order valence-electron chi connectivity index (χ1n) is 13.6. The quantitative estimate of drug-likeness (QED) is 0.662. The molecule has 3 aliphatic heterocycles. The molecule has 0 radical (unpaired) electrons. The Bertz CT molecular complexity index is 1060. The standard InChI is InChI=1S/C29H38N4O4/c34-28(31-25-6-2-1-3-7-25)18-22-10-11-33-21-23(22)5-4-14-37-27-9-8-26(32-12-15-36-16-13-32)17-24(27)19-30-20-29(33)35/h1-3,6-9,17,22-23,30H,4-5,10-16,18-21H2,(H,31,34)/t22-,23-/m0/s1. The highest BCUT2D eigenvalue weighted by molar-refractivity contribution is 5.90. The van der Waals surface area contributed by atoms with Crippen LogP contribution in [0.5, 0.6) is 5.75 Å². The lowest BCUT2D eigenvalue weighted by molar-refractivity contribution is -0.133. The number of rotatable bonds is 4. The van der Waals surface area contributed by atoms with Crippen LogP contribution >= 0.6 is 0 Å². The number of fused-ring (bicyclic) bond motifs is 3. The fourth-order valence-corrected chi connectivity index (χ4v) is 5.68. The molecule has 8 heteroatoms. The molecule has 8 nitrogen and oxygen atoms in total. The number of carbonyl (C=O) groups excluding carboxylic acids is 2. The van der Waals surface area contributed by atoms with Crippen molar-refractivity contribution in [1.82, 2.24) is 10.2 Å². The highest BCUT2D eigenvalue weighted by Gasteiger charge is 2.32. The van der Waals surface area contributed by atoms with Crippen molar-refractivity contribution < 1.29 is 19.1 Å². The Kier molecular flexibility index (Phi) is 8.58. The average molecular weight is 507 g/mol. The predicted octanol–water partition coefficient (Wildman–Crippen LogP) is 3.28. The number of benzene rings is 2. The second-order valence-electron chi connectivity index (χ2n) is 10.3. The Labute approximate surface area is 219 Å². The maximum Gasteiger partial charge on any atom is 0.236 e. The fourth-order valence-electron chi connectivity index (χ4n) is 5.68. The minimum absolute atomic E-state index is 0.0433. The van der Waals surface area contributed by atoms with Gasteiger partial charge in [0.15, 0.2) is 0 Å². The molecular weight excluding hydrogens is 468 g/mol. The molecule has 0 spiro atoms. The minimum Gasteiger partial charge on any atom is -0.493 e. The SMILES string of the molecule is O=C(C[C@@H]1CCN2C[C@@H]1CCCOc1ccc(N3CCOCC3)cc1CNCC2=O)Nc1ccccc1. The zero-order valence-corrected chi connectivity index (χ0v) is 21.5. The molecule has 2 saturated heterocycles. The van der Waals surface area contributed by atoms with Crippen LogP contribution in [0.3, 0.4) is 0 Å². The van der Waals surface area contributed by atoms with E-state index in [1.807, 2.05) is 35.2 Å². The number of amides is 2. The van der Waals surface area contributed by atoms with Crippen molar-refractivity contribution in [2.24, 2.45) is 11.8 Å². The molecule has 3 heterocycles. The van der Waals surface area contributed by atoms with Gasteiger partial charge in [0.2, 0.25) is 11.8 Å². The summed E-state index contributed by atoms with van der Waals surface area (Å²) < 4.78 is 11.7. The molecule has 0 saturated carbocycles. The summed E-state index contributed by atoms with van der Waals surface area (Å²) in [4.78, 5) is 30.1. The molecule has 2 fully saturated rings. The van der Waals surface area contributed by atoms with Crippen LogP contribution in [0.4, 0.5) is 11.4 Å². The van der Waals surface area contributed by atoms with Crippen LogP contribution in [0.15, 0.2) is 48.5 Å². The lowest BCUT2D eigenvalue weighted by Crippen LogP contribution is -2.47. The first-order valence-corrected chi connectivity index (χ1v) is 13.6. The molecule has 0 unspecified atom stereocenters. The number of carbonyl (C=O) groups is 2. The van der Waals surface area contributed by atoms with Crippen LogP contribution in [0.2, 0.25) is 0 Å². The van der Waals surface area contributed by atoms with Gasteiger partial charge in [-0.05, 0) is 61.4 Å². The van der Waals surface area contributed by atoms with E-state index >= 15 is 0 Å². The Hall–Kier alpha value is -3.10. The van der Waals surface area contributed by atoms with Gasteiger partial charge in [-0.1, -0.05) is 18.2 Å². The maximum atomic E-state index is 13.1. The Morgan fingerprint density at radius 3 is 2.65 bits per heavy atom. The van der Waals surface area contributed by atoms with E-state index in [1.54, 1.807) is 0 Å². The van der Waals surface area contributed by atoms with Gasteiger partial charge >= 0.3 is 0 Å². The third-order valence-electron chi connectivity index (χ3n) is 7.74. The normalized spacial score (nSPS) is 23.1. The van der Waals surface area contributed by atoms with Gasteiger partial charge in [0.1, 0.15) is 5.75 Å². The summed E-state index contributed by atoms with van der Waals surface area (Å²) in [5.41, 5.74) is 3.06. The molecule has 2 aromatic rings. The third kappa shape index (κ3) is 6.81. The van der Waals surface area contributed by atoms with Gasteiger partial charge in [0, 0.05) is 56.1 Å². The zero-order chi connectivity index (χ0) is 25.5. The van der Waals surface area contributed by atoms with Crippen LogP contribution in [0.1, 0.15) is 31.2 Å². The summed E-state index contributed by atoms with van der Waals surface area (Å²) in [6.45, 7) is 6.16. The van der Waals surface area contributed by atoms with Crippen molar-refractivity contribution in [3.05, 3.63) is 54.1 Å². The molecule has 0 aromatic heterocycles. The molecule has 3 aliphatic rings. The number of nitrogens with one attached hydrogen (secondary N) is 2. The average Bonchev–Trinajstić information content (AvgIpc) is 2.93. The van der Waals surface area contributed by atoms with Gasteiger partial charge in [-0.25, -0.2) is 0 Å². The third-order valence-corrected chi connectivity index (χ3v) is 7.74. The highest BCUT2D eigenvalue weighted by Crippen LogP contribution is 2.32. The van der Waals surface area contributed by atoms with Gasteiger partial charge in [-0.3, -0.25) is 9.59 Å². The molecular formula is C29H38N4O4. The number of hydrogen-bond donors (Lipinski definition) is 2. The van der Waals surface area contributed by atoms with E-state index in [2.05, 4.69) is 33.7 Å². The van der Waals surface area contributed by atoms with Crippen molar-refractivity contribution in [2.75, 3.05) is 62.8 Å². The first kappa shape index (κ1) is 25.5. The topological polar surface area (TPSA) is 83.1 Å². The van der Waals surface area contributed by atoms with Crippen molar-refractivity contribution in [1.29, 1.82) is 0 Å². The Balaban J connectivity index is 1.24. The molecule has 0 aliphatic carbocycles. The van der Waals surface area contributed by atoms with Gasteiger partial charge in [-0.15, -0.1) is 0 Å². The van der Waals surface area contributed by atoms with Crippen LogP contribution in [0.25, 0.3) is 0 Å². The van der Waals surface area contributed by atoms with Gasteiger partial charge < -0.3 is 29.9 Å². The van der Waals surface area contributed by atoms with Gasteiger partial charge in [0.25, 0.3) is 0 Å². The van der Waals surface area contributed by atoms with Crippen molar-refractivity contribution >= 4 is 23.2 Å². The smallest absolute Gasteiger partial charge is 0.236 e. The summed E-state index contributed by atoms with van der Waals surface area (Å²) >= 11 is 0. The van der Waals surface area contributed by atoms with Crippen LogP contribution < -0.4 is 20.3 Å². The second-order valence-corrected chi connectivity index (χ2v) is 10.3. The molecule has 2 bridgehead atoms. The predicted molar refractivity (Wildman–Crippen MR) is 144 cm³/mol. The molecule has 37 heavy (non-hydrogen) atoms. The largest absolute Gasteiger partial charge is 0.493 e. The van der Waals surface area contributed by atoms with Crippen LogP contribution in [-0.2, 0) is 20.9 Å². The first-order chi connectivity index (χ1) is 18.2. The van der Waals surface area contributed by atoms with Crippen molar-refractivity contribution in [2.45, 2.75) is 32.2 Å². The fraction of sp³-hybridized carbons (Fsp3) is 0.517. The van der Waals surface area contributed by atoms with Crippen LogP contribution in [0, 0.1) is 11.8 Å². The highest BCUT2D eigenvalue weighted by atomic mass is 16.5. The van der Waals surface area contributed by atoms with Gasteiger partial charge in [-0.2, -0.15) is 0 Å². The van der Waals surface area contributed by atoms with E-state index in [4.69, 9.17) is 9.47 Å². The summed E-state index contributed by atoms with van der Waals surface area (Å²) in [7, 11) is 0. The molecule has 2 N–H and O–H groups in total. The summed E-state index contributed by atoms with van der Waals surface area (Å²) in [6.07, 6.45) is 3.15. The number of nitrogens with zero attached hydrogens (tertiary/aromatic N) is 2. The monoisotopic (exact) mass is 506 g/mol. The van der Waals surface area contributed by atoms with Crippen molar-refractivity contribution in [3.63, 3.8) is 0 Å². The van der Waals surface area contributed by atoms with E-state index < -0.39 is 0 Å². The van der Waals surface area contributed by atoms with Crippen molar-refractivity contribution in [3.8, 4) is 5.75 Å². The minimum atomic E-state index is 0.0433. The number of anilines is 2. The van der Waals surface area contributed by atoms with Gasteiger partial charge in [0.05, 0.1) is 26.4 Å². The molecule has 2 atom stereocenters. The number of hydrogen-bond acceptors (Lipinski definition) is 6. The van der Waals surface area contributed by atoms with E-state index in [-0.39, 0.29) is 23.7 Å². The Morgan fingerprint density at radius 1 is 0.973 bits per heavy atom. The number of para-hydroxylation sites is 1. The van der Waals surface area contributed by atoms with E-state index in [9.17, 15) is 9.59 Å². The zero-order valence-electron chi connectivity index (χ0n) is 21.5. The summed E-state index contributed by atoms with van der Waals surface area (Å²) in [6, 6.07) is 15.9. The van der Waals surface area contributed by atoms with E-state index in [0.29, 0.717) is 39.2 Å². The number of morpholine rings is 1. The lowest BCUT2D eigenvalue weighted by atomic mass is 9.80. The molecule has 2 amide bonds. The summed E-state index contributed by atoms with van der Waals surface area (Å²) in [5, 5.41) is 6.38. The Morgan fingerprint density at radius 2 is 1.81 bits per heavy atom. The van der Waals surface area contributed by atoms with Crippen LogP contribution in [-0.4, -0.2) is 69.3 Å². The van der Waals surface area contributed by atoms with E-state index in [1.165, 1.54) is 5.69 Å². The van der Waals surface area contributed by atoms with E-state index in [0.717, 1.165) is 62.6 Å². The molecule has 198 valence electrons. The lowest BCUT2D eigenvalue weighted by Gasteiger charge is -2.38. The second kappa shape index (κ2) is 12.4. The number of ether oxygens (including phenoxy) is 2. The molecule has 2 aromatic carbocycles.